The first-order valence-electron chi connectivity index (χ1n) is 12.7. The molecule has 0 unspecified atom stereocenters. The number of rotatable bonds is 11. The summed E-state index contributed by atoms with van der Waals surface area (Å²) in [5.74, 6) is 0.398. The number of nitrogens with zero attached hydrogens (tertiary/aromatic N) is 4. The van der Waals surface area contributed by atoms with Gasteiger partial charge < -0.3 is 19.7 Å². The minimum Gasteiger partial charge on any atom is -0.497 e. The fraction of sp³-hybridized carbons (Fsp3) is 0.429. The molecule has 9 nitrogen and oxygen atoms in total. The number of nitrogens with one attached hydrogen (secondary N) is 1. The van der Waals surface area contributed by atoms with Crippen LogP contribution < -0.4 is 14.8 Å². The van der Waals surface area contributed by atoms with Gasteiger partial charge in [-0.15, -0.1) is 0 Å². The first-order valence-corrected chi connectivity index (χ1v) is 12.7. The van der Waals surface area contributed by atoms with Crippen molar-refractivity contribution in [3.8, 4) is 22.8 Å². The van der Waals surface area contributed by atoms with Gasteiger partial charge in [-0.05, 0) is 24.5 Å². The van der Waals surface area contributed by atoms with Gasteiger partial charge in [0.2, 0.25) is 0 Å². The van der Waals surface area contributed by atoms with Crippen molar-refractivity contribution in [1.29, 1.82) is 0 Å². The van der Waals surface area contributed by atoms with E-state index in [-0.39, 0.29) is 47.6 Å². The topological polar surface area (TPSA) is 98.6 Å². The highest BCUT2D eigenvalue weighted by Gasteiger charge is 2.37. The van der Waals surface area contributed by atoms with Gasteiger partial charge in [0.15, 0.2) is 17.4 Å². The second-order valence-corrected chi connectivity index (χ2v) is 9.86. The molecule has 1 amide bonds. The molecule has 0 bridgehead atoms. The highest BCUT2D eigenvalue weighted by molar-refractivity contribution is 6.04. The lowest BCUT2D eigenvalue weighted by Gasteiger charge is -2.21. The third kappa shape index (κ3) is 5.34. The number of ketones is 1. The maximum absolute atomic E-state index is 16.0. The number of ether oxygens (including phenoxy) is 2. The third-order valence-corrected chi connectivity index (χ3v) is 6.67. The number of aryl methyl sites for hydroxylation is 1. The summed E-state index contributed by atoms with van der Waals surface area (Å²) in [6.45, 7) is 6.06. The molecule has 202 valence electrons. The molecule has 38 heavy (non-hydrogen) atoms. The van der Waals surface area contributed by atoms with Crippen LogP contribution >= 0.6 is 0 Å². The smallest absolute Gasteiger partial charge is 0.257 e. The average Bonchev–Trinajstić information content (AvgIpc) is 3.48. The fourth-order valence-corrected chi connectivity index (χ4v) is 4.73. The van der Waals surface area contributed by atoms with E-state index in [4.69, 9.17) is 9.47 Å². The van der Waals surface area contributed by atoms with Crippen LogP contribution in [0.15, 0.2) is 30.6 Å². The molecule has 3 heterocycles. The predicted molar refractivity (Wildman–Crippen MR) is 142 cm³/mol. The molecule has 1 aliphatic rings. The zero-order chi connectivity index (χ0) is 27.6. The molecule has 0 spiro atoms. The second-order valence-electron chi connectivity index (χ2n) is 9.86. The van der Waals surface area contributed by atoms with Crippen molar-refractivity contribution in [2.24, 2.45) is 13.0 Å². The predicted octanol–water partition coefficient (Wildman–Crippen LogP) is 4.60. The van der Waals surface area contributed by atoms with Gasteiger partial charge in [-0.2, -0.15) is 5.10 Å². The number of methoxy groups -OCH3 is 2. The van der Waals surface area contributed by atoms with Gasteiger partial charge in [0, 0.05) is 49.0 Å². The van der Waals surface area contributed by atoms with E-state index in [1.807, 2.05) is 19.9 Å². The van der Waals surface area contributed by atoms with Crippen LogP contribution in [-0.2, 0) is 24.9 Å². The van der Waals surface area contributed by atoms with E-state index < -0.39 is 11.9 Å². The van der Waals surface area contributed by atoms with Crippen LogP contribution in [-0.4, -0.2) is 51.6 Å². The number of amides is 1. The minimum absolute atomic E-state index is 0.0207. The van der Waals surface area contributed by atoms with Gasteiger partial charge in [0.05, 0.1) is 44.3 Å². The molecular weight excluding hydrogens is 489 g/mol. The van der Waals surface area contributed by atoms with E-state index in [1.54, 1.807) is 62.3 Å². The fourth-order valence-electron chi connectivity index (χ4n) is 4.73. The molecule has 4 rings (SSSR count). The van der Waals surface area contributed by atoms with Crippen molar-refractivity contribution in [1.82, 2.24) is 19.7 Å². The van der Waals surface area contributed by atoms with Gasteiger partial charge in [0.25, 0.3) is 5.91 Å². The Balaban J connectivity index is 1.76. The van der Waals surface area contributed by atoms with Crippen LogP contribution in [0.25, 0.3) is 11.3 Å². The molecule has 1 aliphatic heterocycles. The summed E-state index contributed by atoms with van der Waals surface area (Å²) in [5, 5.41) is 7.28. The average molecular weight is 524 g/mol. The Hall–Kier alpha value is -3.95. The highest BCUT2D eigenvalue weighted by atomic mass is 19.1. The minimum atomic E-state index is -0.622. The molecule has 0 radical (unpaired) electrons. The molecule has 2 aromatic heterocycles. The maximum Gasteiger partial charge on any atom is 0.257 e. The number of Topliss-reactive ketones (excluding diaryl/α,β-unsaturated/α-hetero) is 1. The summed E-state index contributed by atoms with van der Waals surface area (Å²) in [4.78, 5) is 32.4. The van der Waals surface area contributed by atoms with Crippen molar-refractivity contribution in [3.05, 3.63) is 53.1 Å². The monoisotopic (exact) mass is 523 g/mol. The highest BCUT2D eigenvalue weighted by Crippen LogP contribution is 2.37. The summed E-state index contributed by atoms with van der Waals surface area (Å²) in [6, 6.07) is 4.77. The number of fused-ring (bicyclic) bond motifs is 1. The SMILES string of the molecule is CCC(=O)[C@@H](CC(C)C)Nc1nc(-c2cnn(C)c2)c2c(c1F)CN(Cc1ccc(OC)cc1OC)C2=O. The molecule has 0 saturated heterocycles. The number of hydrogen-bond acceptors (Lipinski definition) is 7. The van der Waals surface area contributed by atoms with Gasteiger partial charge in [-0.3, -0.25) is 14.3 Å². The number of carbonyl (C=O) groups excluding carboxylic acids is 2. The zero-order valence-electron chi connectivity index (χ0n) is 22.7. The van der Waals surface area contributed by atoms with Crippen LogP contribution in [0.4, 0.5) is 10.2 Å². The third-order valence-electron chi connectivity index (χ3n) is 6.67. The molecule has 10 heteroatoms. The quantitative estimate of drug-likeness (QED) is 0.392. The Morgan fingerprint density at radius 1 is 1.24 bits per heavy atom. The molecular formula is C28H34FN5O4. The van der Waals surface area contributed by atoms with Crippen molar-refractivity contribution >= 4 is 17.5 Å². The number of anilines is 1. The van der Waals surface area contributed by atoms with Crippen LogP contribution in [0, 0.1) is 11.7 Å². The molecule has 1 N–H and O–H groups in total. The number of benzene rings is 1. The molecule has 1 aromatic carbocycles. The van der Waals surface area contributed by atoms with E-state index in [0.29, 0.717) is 35.6 Å². The molecule has 0 aliphatic carbocycles. The molecule has 3 aromatic rings. The van der Waals surface area contributed by atoms with Crippen LogP contribution in [0.2, 0.25) is 0 Å². The Morgan fingerprint density at radius 2 is 2.00 bits per heavy atom. The van der Waals surface area contributed by atoms with Crippen LogP contribution in [0.5, 0.6) is 11.5 Å². The van der Waals surface area contributed by atoms with Crippen LogP contribution in [0.1, 0.15) is 55.1 Å². The summed E-state index contributed by atoms with van der Waals surface area (Å²) in [7, 11) is 4.87. The Kier molecular flexibility index (Phi) is 7.99. The number of pyridine rings is 1. The summed E-state index contributed by atoms with van der Waals surface area (Å²) >= 11 is 0. The van der Waals surface area contributed by atoms with Crippen molar-refractivity contribution in [2.45, 2.75) is 52.7 Å². The lowest BCUT2D eigenvalue weighted by molar-refractivity contribution is -0.119. The molecule has 1 atom stereocenters. The van der Waals surface area contributed by atoms with E-state index in [2.05, 4.69) is 15.4 Å². The van der Waals surface area contributed by atoms with Gasteiger partial charge in [-0.25, -0.2) is 9.37 Å². The largest absolute Gasteiger partial charge is 0.497 e. The number of halogens is 1. The first kappa shape index (κ1) is 27.1. The van der Waals surface area contributed by atoms with Gasteiger partial charge in [-0.1, -0.05) is 20.8 Å². The number of hydrogen-bond donors (Lipinski definition) is 1. The maximum atomic E-state index is 16.0. The first-order chi connectivity index (χ1) is 18.2. The van der Waals surface area contributed by atoms with Gasteiger partial charge in [0.1, 0.15) is 11.5 Å². The lowest BCUT2D eigenvalue weighted by atomic mass is 9.98. The van der Waals surface area contributed by atoms with E-state index >= 15 is 4.39 Å². The standard InChI is InChI=1S/C28H34FN5O4/c1-7-22(35)21(10-16(2)3)31-27-25(29)20-15-34(14-17-8-9-19(37-5)11-23(17)38-6)28(36)24(20)26(32-27)18-12-30-33(4)13-18/h8-9,11-13,16,21H,7,10,14-15H2,1-6H3,(H,31,32)/t21-/m1/s1. The lowest BCUT2D eigenvalue weighted by Crippen LogP contribution is -2.31. The second kappa shape index (κ2) is 11.2. The molecule has 0 saturated carbocycles. The van der Waals surface area contributed by atoms with E-state index in [9.17, 15) is 9.59 Å². The Bertz CT molecular complexity index is 1350. The summed E-state index contributed by atoms with van der Waals surface area (Å²) in [5.41, 5.74) is 2.13. The van der Waals surface area contributed by atoms with Gasteiger partial charge >= 0.3 is 0 Å². The molecule has 0 fully saturated rings. The normalized spacial score (nSPS) is 13.6. The van der Waals surface area contributed by atoms with Crippen LogP contribution in [0.3, 0.4) is 0 Å². The number of aromatic nitrogens is 3. The zero-order valence-corrected chi connectivity index (χ0v) is 22.7. The Labute approximate surface area is 222 Å². The van der Waals surface area contributed by atoms with E-state index in [0.717, 1.165) is 5.56 Å². The summed E-state index contributed by atoms with van der Waals surface area (Å²) in [6.07, 6.45) is 4.18. The van der Waals surface area contributed by atoms with Crippen molar-refractivity contribution < 1.29 is 23.5 Å². The summed E-state index contributed by atoms with van der Waals surface area (Å²) < 4.78 is 28.4. The van der Waals surface area contributed by atoms with Crippen molar-refractivity contribution in [3.63, 3.8) is 0 Å². The Morgan fingerprint density at radius 3 is 2.61 bits per heavy atom. The van der Waals surface area contributed by atoms with E-state index in [1.165, 1.54) is 0 Å². The van der Waals surface area contributed by atoms with Crippen molar-refractivity contribution in [2.75, 3.05) is 19.5 Å². The number of carbonyl (C=O) groups is 2.